The van der Waals surface area contributed by atoms with Crippen LogP contribution < -0.4 is 10.1 Å². The number of halogens is 1. The summed E-state index contributed by atoms with van der Waals surface area (Å²) in [6, 6.07) is 24.5. The second kappa shape index (κ2) is 10.4. The zero-order valence-corrected chi connectivity index (χ0v) is 20.9. The molecule has 1 unspecified atom stereocenters. The number of carbonyl (C=O) groups excluding carboxylic acids is 2. The third-order valence-corrected chi connectivity index (χ3v) is 6.54. The molecule has 1 amide bonds. The maximum absolute atomic E-state index is 13.4. The first-order valence-electron chi connectivity index (χ1n) is 11.8. The lowest BCUT2D eigenvalue weighted by atomic mass is 9.80. The zero-order chi connectivity index (χ0) is 26.8. The topological polar surface area (TPSA) is 108 Å². The van der Waals surface area contributed by atoms with Gasteiger partial charge in [-0.1, -0.05) is 72.3 Å². The molecule has 4 aromatic rings. The van der Waals surface area contributed by atoms with Gasteiger partial charge >= 0.3 is 5.97 Å². The van der Waals surface area contributed by atoms with Gasteiger partial charge in [0.15, 0.2) is 0 Å². The summed E-state index contributed by atoms with van der Waals surface area (Å²) in [6.45, 7) is 1.80. The smallest absolute Gasteiger partial charge is 0.340 e. The van der Waals surface area contributed by atoms with E-state index in [4.69, 9.17) is 21.1 Å². The normalized spacial score (nSPS) is 14.4. The minimum Gasteiger partial charge on any atom is -0.462 e. The van der Waals surface area contributed by atoms with Crippen molar-refractivity contribution in [2.24, 2.45) is 0 Å². The maximum atomic E-state index is 13.4. The van der Waals surface area contributed by atoms with E-state index < -0.39 is 28.4 Å². The Morgan fingerprint density at radius 3 is 2.50 bits per heavy atom. The Kier molecular flexibility index (Phi) is 6.81. The van der Waals surface area contributed by atoms with E-state index in [0.29, 0.717) is 5.75 Å². The number of hydrogen-bond donors (Lipinski definition) is 1. The van der Waals surface area contributed by atoms with Gasteiger partial charge in [-0.15, -0.1) is 0 Å². The summed E-state index contributed by atoms with van der Waals surface area (Å²) in [4.78, 5) is 37.3. The van der Waals surface area contributed by atoms with E-state index in [1.165, 1.54) is 12.1 Å². The number of fused-ring (bicyclic) bond motifs is 3. The maximum Gasteiger partial charge on any atom is 0.340 e. The Morgan fingerprint density at radius 1 is 1.03 bits per heavy atom. The molecule has 4 aromatic carbocycles. The summed E-state index contributed by atoms with van der Waals surface area (Å²) >= 11 is 5.91. The Balaban J connectivity index is 1.69. The van der Waals surface area contributed by atoms with Crippen LogP contribution in [0.15, 0.2) is 96.4 Å². The number of hydrogen-bond acceptors (Lipinski definition) is 6. The predicted molar refractivity (Wildman–Crippen MR) is 142 cm³/mol. The van der Waals surface area contributed by atoms with Crippen LogP contribution >= 0.6 is 11.6 Å². The molecule has 0 aromatic heterocycles. The first-order chi connectivity index (χ1) is 18.4. The molecule has 38 heavy (non-hydrogen) atoms. The summed E-state index contributed by atoms with van der Waals surface area (Å²) in [5, 5.41) is 15.7. The van der Waals surface area contributed by atoms with Gasteiger partial charge in [-0.3, -0.25) is 20.2 Å². The molecule has 0 fully saturated rings. The van der Waals surface area contributed by atoms with Gasteiger partial charge in [0, 0.05) is 17.2 Å². The van der Waals surface area contributed by atoms with Crippen LogP contribution in [-0.2, 0) is 9.53 Å². The van der Waals surface area contributed by atoms with Crippen molar-refractivity contribution < 1.29 is 24.0 Å². The van der Waals surface area contributed by atoms with E-state index in [9.17, 15) is 19.7 Å². The highest BCUT2D eigenvalue weighted by molar-refractivity contribution is 6.32. The molecule has 0 saturated carbocycles. The largest absolute Gasteiger partial charge is 0.462 e. The highest BCUT2D eigenvalue weighted by Gasteiger charge is 2.38. The minimum atomic E-state index is -0.711. The van der Waals surface area contributed by atoms with Crippen LogP contribution in [-0.4, -0.2) is 23.4 Å². The highest BCUT2D eigenvalue weighted by atomic mass is 35.5. The summed E-state index contributed by atoms with van der Waals surface area (Å²) in [5.41, 5.74) is 1.23. The van der Waals surface area contributed by atoms with Crippen LogP contribution in [0.5, 0.6) is 5.75 Å². The summed E-state index contributed by atoms with van der Waals surface area (Å²) in [7, 11) is 0. The highest BCUT2D eigenvalue weighted by Crippen LogP contribution is 2.46. The average molecular weight is 529 g/mol. The van der Waals surface area contributed by atoms with Crippen molar-refractivity contribution in [1.82, 2.24) is 5.32 Å². The molecule has 0 aliphatic carbocycles. The van der Waals surface area contributed by atoms with Crippen molar-refractivity contribution in [2.45, 2.75) is 12.8 Å². The molecule has 0 bridgehead atoms. The van der Waals surface area contributed by atoms with Crippen LogP contribution in [0.4, 0.5) is 5.69 Å². The van der Waals surface area contributed by atoms with Gasteiger partial charge in [0.1, 0.15) is 16.3 Å². The number of ether oxygens (including phenoxy) is 2. The number of nitrogens with zero attached hydrogens (tertiary/aromatic N) is 1. The fourth-order valence-corrected chi connectivity index (χ4v) is 4.75. The summed E-state index contributed by atoms with van der Waals surface area (Å²) in [5.74, 6) is -1.64. The number of rotatable bonds is 6. The van der Waals surface area contributed by atoms with E-state index in [-0.39, 0.29) is 28.6 Å². The molecule has 1 aliphatic heterocycles. The molecule has 1 atom stereocenters. The number of nitro benzene ring substituents is 1. The van der Waals surface area contributed by atoms with Crippen molar-refractivity contribution in [3.63, 3.8) is 0 Å². The molecule has 1 aliphatic rings. The fourth-order valence-electron chi connectivity index (χ4n) is 4.56. The van der Waals surface area contributed by atoms with E-state index in [1.54, 1.807) is 13.0 Å². The van der Waals surface area contributed by atoms with Crippen LogP contribution in [0.2, 0.25) is 5.02 Å². The van der Waals surface area contributed by atoms with Crippen molar-refractivity contribution in [1.29, 1.82) is 0 Å². The molecule has 0 radical (unpaired) electrons. The number of benzene rings is 4. The number of nitro groups is 1. The SMILES string of the molecule is CCOC(=O)C1=C(NC(=O)c2ccc(Cl)c([N+](=O)[O-])c2)Oc2ccc3ccccc3c2C1c1ccccc1. The van der Waals surface area contributed by atoms with Gasteiger partial charge in [-0.25, -0.2) is 4.79 Å². The first kappa shape index (κ1) is 25.0. The first-order valence-corrected chi connectivity index (χ1v) is 12.2. The molecular weight excluding hydrogens is 508 g/mol. The second-order valence-electron chi connectivity index (χ2n) is 8.48. The monoisotopic (exact) mass is 528 g/mol. The van der Waals surface area contributed by atoms with Gasteiger partial charge < -0.3 is 9.47 Å². The minimum absolute atomic E-state index is 0.0269. The van der Waals surface area contributed by atoms with Crippen LogP contribution in [0.3, 0.4) is 0 Å². The van der Waals surface area contributed by atoms with Crippen LogP contribution in [0.25, 0.3) is 10.8 Å². The van der Waals surface area contributed by atoms with Gasteiger partial charge in [0.05, 0.1) is 17.4 Å². The molecule has 9 heteroatoms. The van der Waals surface area contributed by atoms with Gasteiger partial charge in [-0.2, -0.15) is 0 Å². The third-order valence-electron chi connectivity index (χ3n) is 6.23. The van der Waals surface area contributed by atoms with E-state index in [0.717, 1.165) is 28.0 Å². The Morgan fingerprint density at radius 2 is 1.76 bits per heavy atom. The number of nitrogens with one attached hydrogen (secondary N) is 1. The fraction of sp³-hybridized carbons (Fsp3) is 0.103. The van der Waals surface area contributed by atoms with Crippen molar-refractivity contribution in [2.75, 3.05) is 6.61 Å². The molecular formula is C29H21ClN2O6. The van der Waals surface area contributed by atoms with Gasteiger partial charge in [0.25, 0.3) is 11.6 Å². The van der Waals surface area contributed by atoms with Crippen LogP contribution in [0.1, 0.15) is 34.3 Å². The molecule has 190 valence electrons. The van der Waals surface area contributed by atoms with Crippen molar-refractivity contribution in [3.8, 4) is 5.75 Å². The molecule has 0 saturated heterocycles. The second-order valence-corrected chi connectivity index (χ2v) is 8.89. The van der Waals surface area contributed by atoms with E-state index in [1.807, 2.05) is 60.7 Å². The Hall–Kier alpha value is -4.69. The lowest BCUT2D eigenvalue weighted by molar-refractivity contribution is -0.384. The predicted octanol–water partition coefficient (Wildman–Crippen LogP) is 6.13. The molecule has 8 nitrogen and oxygen atoms in total. The third kappa shape index (κ3) is 4.57. The quantitative estimate of drug-likeness (QED) is 0.183. The number of amides is 1. The molecule has 1 N–H and O–H groups in total. The van der Waals surface area contributed by atoms with E-state index >= 15 is 0 Å². The van der Waals surface area contributed by atoms with Crippen molar-refractivity contribution >= 4 is 39.9 Å². The zero-order valence-electron chi connectivity index (χ0n) is 20.1. The molecule has 0 spiro atoms. The number of esters is 1. The Labute approximate surface area is 222 Å². The van der Waals surface area contributed by atoms with Gasteiger partial charge in [-0.05, 0) is 41.5 Å². The van der Waals surface area contributed by atoms with E-state index in [2.05, 4.69) is 5.32 Å². The van der Waals surface area contributed by atoms with Crippen LogP contribution in [0, 0.1) is 10.1 Å². The molecule has 1 heterocycles. The lowest BCUT2D eigenvalue weighted by Crippen LogP contribution is -2.34. The van der Waals surface area contributed by atoms with Crippen molar-refractivity contribution in [3.05, 3.63) is 128 Å². The standard InChI is InChI=1S/C29H21ClN2O6/c1-2-37-29(34)26-24(18-9-4-3-5-10-18)25-20-11-7-6-8-17(20)13-15-23(25)38-28(26)31-27(33)19-12-14-21(30)22(16-19)32(35)36/h3-16,24H,2H2,1H3,(H,31,33). The average Bonchev–Trinajstić information content (AvgIpc) is 2.92. The Bertz CT molecular complexity index is 1620. The summed E-state index contributed by atoms with van der Waals surface area (Å²) < 4.78 is 11.6. The summed E-state index contributed by atoms with van der Waals surface area (Å²) in [6.07, 6.45) is 0. The molecule has 5 rings (SSSR count). The number of carbonyl (C=O) groups is 2. The van der Waals surface area contributed by atoms with Gasteiger partial charge in [0.2, 0.25) is 5.88 Å². The lowest BCUT2D eigenvalue weighted by Gasteiger charge is -2.31.